The van der Waals surface area contributed by atoms with Gasteiger partial charge in [0.05, 0.1) is 5.02 Å². The van der Waals surface area contributed by atoms with Gasteiger partial charge in [0.15, 0.2) is 0 Å². The first-order valence-corrected chi connectivity index (χ1v) is 6.61. The molecule has 0 saturated heterocycles. The first kappa shape index (κ1) is 10.7. The van der Waals surface area contributed by atoms with Crippen molar-refractivity contribution in [3.63, 3.8) is 0 Å². The van der Waals surface area contributed by atoms with Crippen molar-refractivity contribution in [2.75, 3.05) is 0 Å². The first-order valence-electron chi connectivity index (χ1n) is 6.23. The minimum Gasteiger partial charge on any atom is -0.464 e. The molecule has 1 aromatic heterocycles. The van der Waals surface area contributed by atoms with Crippen molar-refractivity contribution < 1.29 is 4.42 Å². The maximum Gasteiger partial charge on any atom is 0.125 e. The summed E-state index contributed by atoms with van der Waals surface area (Å²) in [6.45, 7) is 0. The van der Waals surface area contributed by atoms with Crippen LogP contribution in [0.25, 0.3) is 0 Å². The molecular weight excluding hydrogens is 222 g/mol. The summed E-state index contributed by atoms with van der Waals surface area (Å²) >= 11 is 6.19. The number of hydrogen-bond acceptors (Lipinski definition) is 2. The van der Waals surface area contributed by atoms with E-state index in [9.17, 15) is 0 Å². The van der Waals surface area contributed by atoms with E-state index in [1.807, 2.05) is 6.07 Å². The zero-order chi connectivity index (χ0) is 11.2. The summed E-state index contributed by atoms with van der Waals surface area (Å²) in [5, 5.41) is 0.821. The molecule has 0 aliphatic heterocycles. The van der Waals surface area contributed by atoms with Crippen LogP contribution in [0.2, 0.25) is 5.02 Å². The van der Waals surface area contributed by atoms with Crippen LogP contribution in [-0.2, 0) is 6.42 Å². The molecule has 2 fully saturated rings. The Morgan fingerprint density at radius 3 is 2.75 bits per heavy atom. The van der Waals surface area contributed by atoms with Gasteiger partial charge in [-0.3, -0.25) is 0 Å². The molecule has 0 amide bonds. The van der Waals surface area contributed by atoms with Gasteiger partial charge in [0.2, 0.25) is 0 Å². The fraction of sp³-hybridized carbons (Fsp3) is 0.692. The van der Waals surface area contributed by atoms with E-state index in [1.54, 1.807) is 0 Å². The number of rotatable bonds is 4. The maximum atomic E-state index is 6.19. The Labute approximate surface area is 101 Å². The molecule has 2 saturated carbocycles. The van der Waals surface area contributed by atoms with Crippen LogP contribution in [0.4, 0.5) is 0 Å². The highest BCUT2D eigenvalue weighted by atomic mass is 35.5. The van der Waals surface area contributed by atoms with Gasteiger partial charge >= 0.3 is 0 Å². The van der Waals surface area contributed by atoms with Crippen molar-refractivity contribution in [1.29, 1.82) is 0 Å². The molecule has 0 spiro atoms. The van der Waals surface area contributed by atoms with Crippen molar-refractivity contribution >= 4 is 11.6 Å². The van der Waals surface area contributed by atoms with E-state index in [2.05, 4.69) is 0 Å². The van der Waals surface area contributed by atoms with Gasteiger partial charge in [-0.25, -0.2) is 0 Å². The molecule has 2 aliphatic carbocycles. The standard InChI is InChI=1S/C13H18ClNO/c14-11-8-10(4-5-13(15)6-7-13)16-12(11)9-2-1-3-9/h8-9H,1-7,15H2. The number of hydrogen-bond donors (Lipinski definition) is 1. The summed E-state index contributed by atoms with van der Waals surface area (Å²) in [4.78, 5) is 0. The molecule has 0 atom stereocenters. The molecule has 2 N–H and O–H groups in total. The normalized spacial score (nSPS) is 23.1. The molecule has 2 nitrogen and oxygen atoms in total. The third kappa shape index (κ3) is 2.01. The lowest BCUT2D eigenvalue weighted by atomic mass is 9.84. The van der Waals surface area contributed by atoms with E-state index >= 15 is 0 Å². The van der Waals surface area contributed by atoms with Crippen LogP contribution >= 0.6 is 11.6 Å². The quantitative estimate of drug-likeness (QED) is 0.872. The number of nitrogens with two attached hydrogens (primary N) is 1. The lowest BCUT2D eigenvalue weighted by Gasteiger charge is -2.23. The largest absolute Gasteiger partial charge is 0.464 e. The second kappa shape index (κ2) is 3.78. The molecule has 88 valence electrons. The Hall–Kier alpha value is -0.470. The molecule has 0 radical (unpaired) electrons. The van der Waals surface area contributed by atoms with Crippen LogP contribution in [0.5, 0.6) is 0 Å². The molecule has 0 bridgehead atoms. The minimum atomic E-state index is 0.107. The van der Waals surface area contributed by atoms with E-state index in [1.165, 1.54) is 19.3 Å². The molecule has 1 heterocycles. The predicted molar refractivity (Wildman–Crippen MR) is 64.8 cm³/mol. The lowest BCUT2D eigenvalue weighted by Crippen LogP contribution is -2.21. The topological polar surface area (TPSA) is 39.2 Å². The van der Waals surface area contributed by atoms with E-state index in [0.29, 0.717) is 5.92 Å². The van der Waals surface area contributed by atoms with E-state index in [4.69, 9.17) is 21.8 Å². The molecule has 0 aromatic carbocycles. The van der Waals surface area contributed by atoms with E-state index in [0.717, 1.165) is 42.2 Å². The van der Waals surface area contributed by atoms with Crippen molar-refractivity contribution in [3.05, 3.63) is 22.6 Å². The van der Waals surface area contributed by atoms with Gasteiger partial charge < -0.3 is 10.2 Å². The van der Waals surface area contributed by atoms with Crippen LogP contribution < -0.4 is 5.73 Å². The monoisotopic (exact) mass is 239 g/mol. The summed E-state index contributed by atoms with van der Waals surface area (Å²) in [6, 6.07) is 1.99. The second-order valence-electron chi connectivity index (χ2n) is 5.42. The highest BCUT2D eigenvalue weighted by Crippen LogP contribution is 2.42. The Balaban J connectivity index is 1.65. The van der Waals surface area contributed by atoms with E-state index < -0.39 is 0 Å². The molecule has 3 heteroatoms. The summed E-state index contributed by atoms with van der Waals surface area (Å²) in [5.74, 6) is 2.61. The van der Waals surface area contributed by atoms with Crippen LogP contribution in [0.1, 0.15) is 56.0 Å². The summed E-state index contributed by atoms with van der Waals surface area (Å²) in [6.07, 6.45) is 8.06. The van der Waals surface area contributed by atoms with Crippen LogP contribution in [0.3, 0.4) is 0 Å². The molecule has 3 rings (SSSR count). The van der Waals surface area contributed by atoms with Crippen LogP contribution in [0.15, 0.2) is 10.5 Å². The predicted octanol–water partition coefficient (Wildman–Crippen LogP) is 3.62. The number of furan rings is 1. The average Bonchev–Trinajstić information content (AvgIpc) is 2.79. The van der Waals surface area contributed by atoms with Gasteiger partial charge in [-0.1, -0.05) is 18.0 Å². The number of halogens is 1. The lowest BCUT2D eigenvalue weighted by molar-refractivity contribution is 0.333. The highest BCUT2D eigenvalue weighted by Gasteiger charge is 2.37. The Morgan fingerprint density at radius 1 is 1.44 bits per heavy atom. The van der Waals surface area contributed by atoms with Gasteiger partial charge in [0.1, 0.15) is 11.5 Å². The zero-order valence-corrected chi connectivity index (χ0v) is 10.2. The fourth-order valence-electron chi connectivity index (χ4n) is 2.29. The Bertz CT molecular complexity index is 391. The molecule has 1 aromatic rings. The van der Waals surface area contributed by atoms with Gasteiger partial charge in [-0.2, -0.15) is 0 Å². The molecule has 0 unspecified atom stereocenters. The summed E-state index contributed by atoms with van der Waals surface area (Å²) < 4.78 is 5.85. The van der Waals surface area contributed by atoms with Crippen molar-refractivity contribution in [2.45, 2.75) is 56.4 Å². The van der Waals surface area contributed by atoms with Gasteiger partial charge in [-0.15, -0.1) is 0 Å². The molecular formula is C13H18ClNO. The molecule has 16 heavy (non-hydrogen) atoms. The Kier molecular flexibility index (Phi) is 2.52. The average molecular weight is 240 g/mol. The minimum absolute atomic E-state index is 0.107. The van der Waals surface area contributed by atoms with Crippen molar-refractivity contribution in [3.8, 4) is 0 Å². The van der Waals surface area contributed by atoms with E-state index in [-0.39, 0.29) is 5.54 Å². The summed E-state index contributed by atoms with van der Waals surface area (Å²) in [7, 11) is 0. The third-order valence-corrected chi connectivity index (χ3v) is 4.30. The van der Waals surface area contributed by atoms with Crippen LogP contribution in [0, 0.1) is 0 Å². The smallest absolute Gasteiger partial charge is 0.125 e. The summed E-state index contributed by atoms with van der Waals surface area (Å²) in [5.41, 5.74) is 6.17. The van der Waals surface area contributed by atoms with Crippen molar-refractivity contribution in [2.24, 2.45) is 5.73 Å². The SMILES string of the molecule is NC1(CCc2cc(Cl)c(C3CCC3)o2)CC1. The van der Waals surface area contributed by atoms with Gasteiger partial charge in [0, 0.05) is 17.9 Å². The fourth-order valence-corrected chi connectivity index (χ4v) is 2.60. The molecule has 2 aliphatic rings. The maximum absolute atomic E-state index is 6.19. The Morgan fingerprint density at radius 2 is 2.19 bits per heavy atom. The second-order valence-corrected chi connectivity index (χ2v) is 5.82. The van der Waals surface area contributed by atoms with Gasteiger partial charge in [0.25, 0.3) is 0 Å². The van der Waals surface area contributed by atoms with Gasteiger partial charge in [-0.05, 0) is 38.2 Å². The third-order valence-electron chi connectivity index (χ3n) is 4.00. The van der Waals surface area contributed by atoms with Crippen LogP contribution in [-0.4, -0.2) is 5.54 Å². The first-order chi connectivity index (χ1) is 7.66. The van der Waals surface area contributed by atoms with Crippen molar-refractivity contribution in [1.82, 2.24) is 0 Å². The number of aryl methyl sites for hydroxylation is 1. The highest BCUT2D eigenvalue weighted by molar-refractivity contribution is 6.31. The zero-order valence-electron chi connectivity index (χ0n) is 9.47.